The fourth-order valence-corrected chi connectivity index (χ4v) is 4.58. The summed E-state index contributed by atoms with van der Waals surface area (Å²) in [6.45, 7) is 8.10. The molecular weight excluding hydrogens is 363 g/mol. The van der Waals surface area contributed by atoms with E-state index in [-0.39, 0.29) is 11.9 Å². The second kappa shape index (κ2) is 8.24. The van der Waals surface area contributed by atoms with Gasteiger partial charge in [0.05, 0.1) is 18.7 Å². The van der Waals surface area contributed by atoms with Gasteiger partial charge in [-0.2, -0.15) is 0 Å². The fraction of sp³-hybridized carbons (Fsp3) is 0.421. The lowest BCUT2D eigenvalue weighted by Gasteiger charge is -2.33. The van der Waals surface area contributed by atoms with Gasteiger partial charge in [0.15, 0.2) is 6.04 Å². The fourth-order valence-electron chi connectivity index (χ4n) is 3.90. The molecule has 1 saturated heterocycles. The summed E-state index contributed by atoms with van der Waals surface area (Å²) >= 11 is 1.68. The second-order valence-corrected chi connectivity index (χ2v) is 8.02. The Balaban J connectivity index is 1.69. The summed E-state index contributed by atoms with van der Waals surface area (Å²) in [6, 6.07) is 10.9. The Morgan fingerprint density at radius 1 is 1.15 bits per heavy atom. The molecule has 0 spiro atoms. The van der Waals surface area contributed by atoms with Crippen LogP contribution in [0.5, 0.6) is 0 Å². The summed E-state index contributed by atoms with van der Waals surface area (Å²) < 4.78 is 16.6. The van der Waals surface area contributed by atoms with E-state index in [2.05, 4.69) is 28.5 Å². The van der Waals surface area contributed by atoms with Crippen LogP contribution in [0.25, 0.3) is 0 Å². The highest BCUT2D eigenvalue weighted by molar-refractivity contribution is 7.09. The van der Waals surface area contributed by atoms with E-state index >= 15 is 0 Å². The van der Waals surface area contributed by atoms with Crippen molar-refractivity contribution < 1.29 is 14.2 Å². The van der Waals surface area contributed by atoms with Gasteiger partial charge < -0.3 is 9.80 Å². The van der Waals surface area contributed by atoms with Gasteiger partial charge in [-0.05, 0) is 40.9 Å². The molecule has 6 nitrogen and oxygen atoms in total. The Morgan fingerprint density at radius 2 is 1.96 bits per heavy atom. The van der Waals surface area contributed by atoms with Crippen molar-refractivity contribution >= 4 is 11.3 Å². The van der Waals surface area contributed by atoms with Gasteiger partial charge in [0.25, 0.3) is 0 Å². The van der Waals surface area contributed by atoms with Crippen molar-refractivity contribution in [2.24, 2.45) is 0 Å². The molecule has 1 aliphatic rings. The number of quaternary nitrogens is 2. The third-order valence-electron chi connectivity index (χ3n) is 5.43. The molecule has 4 rings (SSSR count). The highest BCUT2D eigenvalue weighted by Crippen LogP contribution is 2.21. The molecule has 1 fully saturated rings. The number of aromatic nitrogens is 4. The molecule has 1 aliphatic heterocycles. The lowest BCUT2D eigenvalue weighted by Crippen LogP contribution is -3.28. The molecule has 3 heterocycles. The van der Waals surface area contributed by atoms with Gasteiger partial charge in [-0.15, -0.1) is 16.4 Å². The van der Waals surface area contributed by atoms with Crippen molar-refractivity contribution in [3.05, 3.63) is 63.9 Å². The minimum atomic E-state index is -0.195. The number of rotatable bonds is 6. The molecule has 0 unspecified atom stereocenters. The van der Waals surface area contributed by atoms with E-state index in [0.29, 0.717) is 12.1 Å². The minimum absolute atomic E-state index is 0.189. The summed E-state index contributed by atoms with van der Waals surface area (Å²) in [5, 5.41) is 14.5. The van der Waals surface area contributed by atoms with Crippen LogP contribution in [0.2, 0.25) is 0 Å². The topological polar surface area (TPSA) is 52.5 Å². The van der Waals surface area contributed by atoms with E-state index < -0.39 is 0 Å². The van der Waals surface area contributed by atoms with Crippen LogP contribution in [-0.4, -0.2) is 52.9 Å². The molecular formula is C19H25FN6S+2. The third-order valence-corrected chi connectivity index (χ3v) is 6.29. The molecule has 1 atom stereocenters. The van der Waals surface area contributed by atoms with Gasteiger partial charge in [0.1, 0.15) is 32.0 Å². The smallest absolute Gasteiger partial charge is 0.214 e. The van der Waals surface area contributed by atoms with Gasteiger partial charge in [0, 0.05) is 4.88 Å². The number of tetrazole rings is 1. The number of benzene rings is 1. The standard InChI is InChI=1S/C19H23FN6S/c1-2-24-9-11-25(12-10-24)18(16-7-3-4-8-17(16)20)19-21-22-23-26(19)14-15-6-5-13-27-15/h3-8,13,18H,2,9-12,14H2,1H3/p+2/t18-/m0/s1. The average Bonchev–Trinajstić information content (AvgIpc) is 3.37. The number of hydrogen-bond donors (Lipinski definition) is 2. The maximum atomic E-state index is 14.7. The van der Waals surface area contributed by atoms with Crippen LogP contribution >= 0.6 is 11.3 Å². The number of piperazine rings is 1. The van der Waals surface area contributed by atoms with Crippen LogP contribution in [0.3, 0.4) is 0 Å². The third kappa shape index (κ3) is 3.92. The lowest BCUT2D eigenvalue weighted by atomic mass is 10.0. The molecule has 2 N–H and O–H groups in total. The number of thiophene rings is 1. The van der Waals surface area contributed by atoms with Gasteiger partial charge in [-0.1, -0.05) is 18.2 Å². The average molecular weight is 389 g/mol. The first-order valence-corrected chi connectivity index (χ1v) is 10.3. The first-order chi connectivity index (χ1) is 13.3. The Morgan fingerprint density at radius 3 is 2.67 bits per heavy atom. The van der Waals surface area contributed by atoms with Crippen LogP contribution in [0.1, 0.15) is 29.2 Å². The van der Waals surface area contributed by atoms with Crippen molar-refractivity contribution in [2.45, 2.75) is 19.5 Å². The zero-order chi connectivity index (χ0) is 18.6. The molecule has 0 saturated carbocycles. The van der Waals surface area contributed by atoms with Gasteiger partial charge in [0.2, 0.25) is 5.82 Å². The molecule has 0 bridgehead atoms. The van der Waals surface area contributed by atoms with Crippen LogP contribution in [0.4, 0.5) is 4.39 Å². The Hall–Kier alpha value is -2.16. The first kappa shape index (κ1) is 18.2. The minimum Gasteiger partial charge on any atom is -0.326 e. The van der Waals surface area contributed by atoms with Crippen LogP contribution in [-0.2, 0) is 6.54 Å². The van der Waals surface area contributed by atoms with Crippen LogP contribution < -0.4 is 9.80 Å². The van der Waals surface area contributed by atoms with Gasteiger partial charge >= 0.3 is 0 Å². The summed E-state index contributed by atoms with van der Waals surface area (Å²) in [4.78, 5) is 4.12. The molecule has 0 amide bonds. The van der Waals surface area contributed by atoms with Crippen LogP contribution in [0.15, 0.2) is 41.8 Å². The molecule has 27 heavy (non-hydrogen) atoms. The summed E-state index contributed by atoms with van der Waals surface area (Å²) in [6.07, 6.45) is 0. The number of nitrogens with zero attached hydrogens (tertiary/aromatic N) is 4. The first-order valence-electron chi connectivity index (χ1n) is 9.47. The molecule has 3 aromatic rings. The number of nitrogens with one attached hydrogen (secondary N) is 2. The van der Waals surface area contributed by atoms with E-state index in [9.17, 15) is 4.39 Å². The van der Waals surface area contributed by atoms with Crippen LogP contribution in [0, 0.1) is 5.82 Å². The zero-order valence-corrected chi connectivity index (χ0v) is 16.3. The van der Waals surface area contributed by atoms with E-state index in [0.717, 1.165) is 38.5 Å². The number of hydrogen-bond acceptors (Lipinski definition) is 4. The van der Waals surface area contributed by atoms with E-state index in [4.69, 9.17) is 0 Å². The Kier molecular flexibility index (Phi) is 5.56. The Labute approximate surface area is 162 Å². The van der Waals surface area contributed by atoms with Crippen molar-refractivity contribution in [1.29, 1.82) is 0 Å². The Bertz CT molecular complexity index is 857. The molecule has 142 valence electrons. The maximum Gasteiger partial charge on any atom is 0.214 e. The number of halogens is 1. The highest BCUT2D eigenvalue weighted by Gasteiger charge is 2.36. The quantitative estimate of drug-likeness (QED) is 0.616. The maximum absolute atomic E-state index is 14.7. The van der Waals surface area contributed by atoms with Crippen molar-refractivity contribution in [3.8, 4) is 0 Å². The highest BCUT2D eigenvalue weighted by atomic mass is 32.1. The SMILES string of the molecule is CC[NH+]1CC[NH+]([C@@H](c2ccccc2F)c2nnnn2Cc2cccs2)CC1. The van der Waals surface area contributed by atoms with Gasteiger partial charge in [-0.25, -0.2) is 9.07 Å². The molecule has 0 radical (unpaired) electrons. The van der Waals surface area contributed by atoms with Crippen molar-refractivity contribution in [2.75, 3.05) is 32.7 Å². The van der Waals surface area contributed by atoms with E-state index in [1.807, 2.05) is 28.3 Å². The predicted molar refractivity (Wildman–Crippen MR) is 101 cm³/mol. The van der Waals surface area contributed by atoms with Gasteiger partial charge in [-0.3, -0.25) is 0 Å². The molecule has 8 heteroatoms. The predicted octanol–water partition coefficient (Wildman–Crippen LogP) is -0.185. The monoisotopic (exact) mass is 388 g/mol. The van der Waals surface area contributed by atoms with E-state index in [1.165, 1.54) is 15.8 Å². The molecule has 0 aliphatic carbocycles. The normalized spacial score (nSPS) is 21.3. The van der Waals surface area contributed by atoms with E-state index in [1.54, 1.807) is 22.3 Å². The van der Waals surface area contributed by atoms with Crippen molar-refractivity contribution in [3.63, 3.8) is 0 Å². The molecule has 1 aromatic carbocycles. The summed E-state index contributed by atoms with van der Waals surface area (Å²) in [5.41, 5.74) is 0.676. The van der Waals surface area contributed by atoms with Crippen molar-refractivity contribution in [1.82, 2.24) is 20.2 Å². The number of likely N-dealkylation sites (N-methyl/N-ethyl adjacent to an activating group) is 1. The zero-order valence-electron chi connectivity index (χ0n) is 15.4. The summed E-state index contributed by atoms with van der Waals surface area (Å²) in [7, 11) is 0. The lowest BCUT2D eigenvalue weighted by molar-refractivity contribution is -1.02. The summed E-state index contributed by atoms with van der Waals surface area (Å²) in [5.74, 6) is 0.550. The molecule has 2 aromatic heterocycles. The second-order valence-electron chi connectivity index (χ2n) is 6.99. The largest absolute Gasteiger partial charge is 0.326 e.